The van der Waals surface area contributed by atoms with Gasteiger partial charge in [0.2, 0.25) is 0 Å². The van der Waals surface area contributed by atoms with Crippen molar-refractivity contribution >= 4 is 0 Å². The van der Waals surface area contributed by atoms with Gasteiger partial charge in [-0.3, -0.25) is 0 Å². The van der Waals surface area contributed by atoms with E-state index in [0.717, 1.165) is 0 Å². The summed E-state index contributed by atoms with van der Waals surface area (Å²) in [5.74, 6) is 0.245. The first-order chi connectivity index (χ1) is 10.1. The number of hydrogen-bond donors (Lipinski definition) is 0. The highest BCUT2D eigenvalue weighted by Gasteiger charge is 2.28. The molecule has 0 heteroatoms. The summed E-state index contributed by atoms with van der Waals surface area (Å²) in [6.07, 6.45) is 0. The topological polar surface area (TPSA) is 0 Å². The highest BCUT2D eigenvalue weighted by Crippen LogP contribution is 2.46. The van der Waals surface area contributed by atoms with Gasteiger partial charge in [-0.25, -0.2) is 0 Å². The molecule has 1 aliphatic carbocycles. The summed E-state index contributed by atoms with van der Waals surface area (Å²) in [6.45, 7) is 18.1. The molecule has 0 atom stereocenters. The summed E-state index contributed by atoms with van der Waals surface area (Å²) in [6, 6.07) is 13.9. The van der Waals surface area contributed by atoms with Crippen LogP contribution >= 0.6 is 0 Å². The minimum absolute atomic E-state index is 0.181. The van der Waals surface area contributed by atoms with E-state index in [2.05, 4.69) is 84.9 Å². The number of benzene rings is 2. The number of fused-ring (bicyclic) bond motifs is 3. The van der Waals surface area contributed by atoms with Gasteiger partial charge in [-0.15, -0.1) is 0 Å². The molecule has 0 heterocycles. The lowest BCUT2D eigenvalue weighted by Gasteiger charge is -2.21. The van der Waals surface area contributed by atoms with E-state index in [1.165, 1.54) is 33.4 Å². The SMILES string of the molecule is [CH2]C1c2cc(C(C)(C)C)ccc2-c2ccc(C(C)(C)C)cc21. The quantitative estimate of drug-likeness (QED) is 0.540. The predicted octanol–water partition coefficient (Wildman–Crippen LogP) is 6.23. The Bertz CT molecular complexity index is 657. The fraction of sp³-hybridized carbons (Fsp3) is 0.409. The first kappa shape index (κ1) is 15.3. The molecule has 0 saturated carbocycles. The van der Waals surface area contributed by atoms with Crippen LogP contribution in [0.25, 0.3) is 11.1 Å². The average Bonchev–Trinajstić information content (AvgIpc) is 2.70. The first-order valence-corrected chi connectivity index (χ1v) is 8.21. The van der Waals surface area contributed by atoms with Crippen LogP contribution in [0.15, 0.2) is 36.4 Å². The van der Waals surface area contributed by atoms with Crippen LogP contribution in [0.5, 0.6) is 0 Å². The zero-order valence-electron chi connectivity index (χ0n) is 14.7. The van der Waals surface area contributed by atoms with Crippen LogP contribution in [-0.2, 0) is 10.8 Å². The maximum absolute atomic E-state index is 4.47. The Hall–Kier alpha value is -1.56. The Morgan fingerprint density at radius 2 is 1.05 bits per heavy atom. The summed E-state index contributed by atoms with van der Waals surface area (Å²) < 4.78 is 0. The van der Waals surface area contributed by atoms with Crippen LogP contribution in [-0.4, -0.2) is 0 Å². The highest BCUT2D eigenvalue weighted by molar-refractivity contribution is 5.80. The lowest BCUT2D eigenvalue weighted by Crippen LogP contribution is -2.11. The molecule has 3 rings (SSSR count). The van der Waals surface area contributed by atoms with E-state index >= 15 is 0 Å². The molecule has 0 aliphatic heterocycles. The molecule has 0 bridgehead atoms. The molecule has 115 valence electrons. The van der Waals surface area contributed by atoms with Gasteiger partial charge in [-0.05, 0) is 51.1 Å². The smallest absolute Gasteiger partial charge is 0.0102 e. The fourth-order valence-corrected chi connectivity index (χ4v) is 3.29. The van der Waals surface area contributed by atoms with Crippen molar-refractivity contribution in [1.29, 1.82) is 0 Å². The lowest BCUT2D eigenvalue weighted by atomic mass is 9.84. The second-order valence-corrected chi connectivity index (χ2v) is 8.66. The molecule has 2 aromatic carbocycles. The second-order valence-electron chi connectivity index (χ2n) is 8.66. The first-order valence-electron chi connectivity index (χ1n) is 8.21. The molecule has 0 N–H and O–H groups in total. The van der Waals surface area contributed by atoms with Gasteiger partial charge in [-0.1, -0.05) is 77.9 Å². The van der Waals surface area contributed by atoms with Crippen molar-refractivity contribution in [2.45, 2.75) is 58.3 Å². The third-order valence-electron chi connectivity index (χ3n) is 4.88. The van der Waals surface area contributed by atoms with E-state index in [4.69, 9.17) is 0 Å². The molecular weight excluding hydrogens is 264 g/mol. The third kappa shape index (κ3) is 2.39. The summed E-state index contributed by atoms with van der Waals surface area (Å²) in [5.41, 5.74) is 8.64. The van der Waals surface area contributed by atoms with E-state index in [1.54, 1.807) is 0 Å². The Balaban J connectivity index is 2.13. The van der Waals surface area contributed by atoms with Crippen molar-refractivity contribution in [3.8, 4) is 11.1 Å². The molecule has 0 amide bonds. The van der Waals surface area contributed by atoms with Crippen molar-refractivity contribution in [3.63, 3.8) is 0 Å². The van der Waals surface area contributed by atoms with Crippen LogP contribution < -0.4 is 0 Å². The summed E-state index contributed by atoms with van der Waals surface area (Å²) in [5, 5.41) is 0. The molecule has 0 aromatic heterocycles. The van der Waals surface area contributed by atoms with Crippen molar-refractivity contribution in [2.75, 3.05) is 0 Å². The zero-order valence-corrected chi connectivity index (χ0v) is 14.7. The van der Waals surface area contributed by atoms with Crippen LogP contribution in [0.1, 0.15) is 69.7 Å². The Kier molecular flexibility index (Phi) is 3.29. The van der Waals surface area contributed by atoms with E-state index < -0.39 is 0 Å². The maximum atomic E-state index is 4.47. The molecule has 0 unspecified atom stereocenters. The molecule has 0 fully saturated rings. The van der Waals surface area contributed by atoms with Gasteiger partial charge < -0.3 is 0 Å². The molecule has 1 aliphatic rings. The molecule has 0 nitrogen and oxygen atoms in total. The predicted molar refractivity (Wildman–Crippen MR) is 96.5 cm³/mol. The van der Waals surface area contributed by atoms with Gasteiger partial charge in [0.15, 0.2) is 0 Å². The van der Waals surface area contributed by atoms with Crippen molar-refractivity contribution in [1.82, 2.24) is 0 Å². The van der Waals surface area contributed by atoms with Crippen LogP contribution in [0.4, 0.5) is 0 Å². The third-order valence-corrected chi connectivity index (χ3v) is 4.88. The van der Waals surface area contributed by atoms with Gasteiger partial charge >= 0.3 is 0 Å². The maximum Gasteiger partial charge on any atom is 0.0102 e. The summed E-state index contributed by atoms with van der Waals surface area (Å²) in [7, 11) is 0. The highest BCUT2D eigenvalue weighted by atomic mass is 14.3. The Morgan fingerprint density at radius 3 is 1.36 bits per heavy atom. The molecular formula is C22H27. The van der Waals surface area contributed by atoms with Crippen LogP contribution in [0.3, 0.4) is 0 Å². The second kappa shape index (κ2) is 4.72. The fourth-order valence-electron chi connectivity index (χ4n) is 3.29. The number of rotatable bonds is 0. The van der Waals surface area contributed by atoms with Crippen LogP contribution in [0, 0.1) is 6.92 Å². The lowest BCUT2D eigenvalue weighted by molar-refractivity contribution is 0.589. The zero-order chi connectivity index (χ0) is 16.3. The van der Waals surface area contributed by atoms with Gasteiger partial charge in [0, 0.05) is 5.92 Å². The normalized spacial score (nSPS) is 14.9. The Morgan fingerprint density at radius 1 is 0.682 bits per heavy atom. The van der Waals surface area contributed by atoms with Gasteiger partial charge in [-0.2, -0.15) is 0 Å². The molecule has 22 heavy (non-hydrogen) atoms. The minimum Gasteiger partial charge on any atom is -0.0579 e. The molecule has 0 spiro atoms. The summed E-state index contributed by atoms with van der Waals surface area (Å²) in [4.78, 5) is 0. The van der Waals surface area contributed by atoms with Gasteiger partial charge in [0.1, 0.15) is 0 Å². The van der Waals surface area contributed by atoms with Gasteiger partial charge in [0.25, 0.3) is 0 Å². The van der Waals surface area contributed by atoms with Crippen molar-refractivity contribution < 1.29 is 0 Å². The molecule has 2 aromatic rings. The monoisotopic (exact) mass is 291 g/mol. The Labute approximate surface area is 135 Å². The molecule has 0 saturated heterocycles. The van der Waals surface area contributed by atoms with Crippen molar-refractivity contribution in [3.05, 3.63) is 65.6 Å². The average molecular weight is 291 g/mol. The summed E-state index contributed by atoms with van der Waals surface area (Å²) >= 11 is 0. The van der Waals surface area contributed by atoms with Crippen LogP contribution in [0.2, 0.25) is 0 Å². The van der Waals surface area contributed by atoms with E-state index in [-0.39, 0.29) is 16.7 Å². The van der Waals surface area contributed by atoms with Gasteiger partial charge in [0.05, 0.1) is 0 Å². The minimum atomic E-state index is 0.181. The van der Waals surface area contributed by atoms with E-state index in [9.17, 15) is 0 Å². The van der Waals surface area contributed by atoms with Crippen molar-refractivity contribution in [2.24, 2.45) is 0 Å². The van der Waals surface area contributed by atoms with E-state index in [0.29, 0.717) is 0 Å². The number of hydrogen-bond acceptors (Lipinski definition) is 0. The standard InChI is InChI=1S/C22H27/c1-14-19-12-15(21(2,3)4)8-10-17(19)18-11-9-16(13-20(14)18)22(5,6)7/h8-14H,1H2,2-7H3. The molecule has 1 radical (unpaired) electrons. The van der Waals surface area contributed by atoms with E-state index in [1.807, 2.05) is 0 Å². The largest absolute Gasteiger partial charge is 0.0579 e.